The summed E-state index contributed by atoms with van der Waals surface area (Å²) >= 11 is 0. The lowest BCUT2D eigenvalue weighted by Crippen LogP contribution is -2.69. The van der Waals surface area contributed by atoms with Gasteiger partial charge in [-0.25, -0.2) is 10.9 Å². The predicted molar refractivity (Wildman–Crippen MR) is 111 cm³/mol. The number of nitrogens with one attached hydrogen (secondary N) is 4. The van der Waals surface area contributed by atoms with E-state index in [1.54, 1.807) is 24.4 Å². The topological polar surface area (TPSA) is 96.3 Å². The monoisotopic (exact) mass is 496 g/mol. The molecule has 6 N–H and O–H groups in total. The highest BCUT2D eigenvalue weighted by molar-refractivity contribution is 5.10. The molecule has 3 aliphatic heterocycles. The number of piperidine rings is 1. The maximum absolute atomic E-state index is 13.9. The van der Waals surface area contributed by atoms with E-state index in [9.17, 15) is 26.3 Å². The molecular formula is C21H30F6N6O. The van der Waals surface area contributed by atoms with E-state index in [4.69, 9.17) is 10.5 Å². The molecule has 34 heavy (non-hydrogen) atoms. The smallest absolute Gasteiger partial charge is 0.340 e. The quantitative estimate of drug-likeness (QED) is 0.382. The van der Waals surface area contributed by atoms with Crippen LogP contribution in [0.15, 0.2) is 24.4 Å². The molecule has 0 aliphatic carbocycles. The van der Waals surface area contributed by atoms with Gasteiger partial charge in [0.25, 0.3) is 0 Å². The lowest BCUT2D eigenvalue weighted by Gasteiger charge is -2.45. The molecule has 0 aromatic carbocycles. The Morgan fingerprint density at radius 2 is 1.59 bits per heavy atom. The van der Waals surface area contributed by atoms with Crippen LogP contribution in [0.4, 0.5) is 26.3 Å². The number of hydrazine groups is 1. The molecule has 8 atom stereocenters. The van der Waals surface area contributed by atoms with Crippen LogP contribution in [0.5, 0.6) is 0 Å². The van der Waals surface area contributed by atoms with Gasteiger partial charge in [-0.2, -0.15) is 26.3 Å². The molecule has 1 aromatic rings. The van der Waals surface area contributed by atoms with E-state index in [0.29, 0.717) is 31.4 Å². The molecule has 7 unspecified atom stereocenters. The van der Waals surface area contributed by atoms with Gasteiger partial charge in [0.05, 0.1) is 35.8 Å². The van der Waals surface area contributed by atoms with Gasteiger partial charge in [-0.15, -0.1) is 0 Å². The Morgan fingerprint density at radius 3 is 2.26 bits per heavy atom. The van der Waals surface area contributed by atoms with Gasteiger partial charge in [-0.1, -0.05) is 25.3 Å². The third-order valence-corrected chi connectivity index (χ3v) is 6.89. The van der Waals surface area contributed by atoms with E-state index in [-0.39, 0.29) is 6.42 Å². The van der Waals surface area contributed by atoms with Crippen molar-refractivity contribution in [3.8, 4) is 0 Å². The van der Waals surface area contributed by atoms with Gasteiger partial charge < -0.3 is 10.5 Å². The summed E-state index contributed by atoms with van der Waals surface area (Å²) in [5.74, 6) is -3.54. The Morgan fingerprint density at radius 1 is 0.882 bits per heavy atom. The molecule has 0 radical (unpaired) electrons. The first-order chi connectivity index (χ1) is 16.0. The number of hydrogen-bond acceptors (Lipinski definition) is 7. The molecular weight excluding hydrogens is 466 g/mol. The third kappa shape index (κ3) is 5.82. The zero-order valence-electron chi connectivity index (χ0n) is 18.4. The number of pyridine rings is 1. The third-order valence-electron chi connectivity index (χ3n) is 6.89. The van der Waals surface area contributed by atoms with E-state index in [2.05, 4.69) is 26.5 Å². The number of fused-ring (bicyclic) bond motifs is 5. The van der Waals surface area contributed by atoms with Crippen LogP contribution in [0.3, 0.4) is 0 Å². The van der Waals surface area contributed by atoms with Crippen LogP contribution in [-0.2, 0) is 4.74 Å². The van der Waals surface area contributed by atoms with Crippen molar-refractivity contribution in [3.63, 3.8) is 0 Å². The fraction of sp³-hybridized carbons (Fsp3) is 0.762. The summed E-state index contributed by atoms with van der Waals surface area (Å²) in [6.07, 6.45) is -9.81. The van der Waals surface area contributed by atoms with Crippen molar-refractivity contribution in [2.24, 2.45) is 17.6 Å². The lowest BCUT2D eigenvalue weighted by molar-refractivity contribution is -0.215. The zero-order chi connectivity index (χ0) is 24.5. The molecule has 3 fully saturated rings. The lowest BCUT2D eigenvalue weighted by atomic mass is 9.85. The molecule has 4 bridgehead atoms. The van der Waals surface area contributed by atoms with E-state index in [1.165, 1.54) is 0 Å². The molecule has 3 saturated heterocycles. The van der Waals surface area contributed by atoms with E-state index in [0.717, 1.165) is 0 Å². The summed E-state index contributed by atoms with van der Waals surface area (Å²) in [5, 5.41) is 5.99. The number of alkyl halides is 6. The summed E-state index contributed by atoms with van der Waals surface area (Å²) < 4.78 is 88.7. The van der Waals surface area contributed by atoms with Crippen molar-refractivity contribution < 1.29 is 31.1 Å². The maximum atomic E-state index is 13.9. The average Bonchev–Trinajstić information content (AvgIpc) is 3.23. The minimum atomic E-state index is -4.53. The van der Waals surface area contributed by atoms with E-state index < -0.39 is 67.4 Å². The molecule has 192 valence electrons. The fourth-order valence-corrected chi connectivity index (χ4v) is 5.07. The van der Waals surface area contributed by atoms with Gasteiger partial charge in [0, 0.05) is 12.2 Å². The van der Waals surface area contributed by atoms with Crippen molar-refractivity contribution in [1.82, 2.24) is 26.5 Å². The summed E-state index contributed by atoms with van der Waals surface area (Å²) in [7, 11) is 0. The number of rotatable bonds is 1. The van der Waals surface area contributed by atoms with Gasteiger partial charge in [0.1, 0.15) is 12.5 Å². The van der Waals surface area contributed by atoms with Gasteiger partial charge in [0.15, 0.2) is 0 Å². The van der Waals surface area contributed by atoms with Crippen LogP contribution < -0.4 is 27.2 Å². The molecule has 4 heterocycles. The number of ether oxygens (including phenoxy) is 1. The highest BCUT2D eigenvalue weighted by Gasteiger charge is 2.54. The summed E-state index contributed by atoms with van der Waals surface area (Å²) in [6.45, 7) is 0. The minimum absolute atomic E-state index is 0.125. The average molecular weight is 497 g/mol. The first kappa shape index (κ1) is 25.6. The van der Waals surface area contributed by atoms with Gasteiger partial charge >= 0.3 is 12.4 Å². The second-order valence-electron chi connectivity index (χ2n) is 9.24. The van der Waals surface area contributed by atoms with Crippen LogP contribution in [0, 0.1) is 11.8 Å². The number of aromatic nitrogens is 1. The van der Waals surface area contributed by atoms with Crippen LogP contribution in [0.25, 0.3) is 0 Å². The predicted octanol–water partition coefficient (Wildman–Crippen LogP) is 2.83. The second-order valence-corrected chi connectivity index (χ2v) is 9.24. The maximum Gasteiger partial charge on any atom is 0.395 e. The summed E-state index contributed by atoms with van der Waals surface area (Å²) in [5.41, 5.74) is 11.9. The fourth-order valence-electron chi connectivity index (χ4n) is 5.07. The summed E-state index contributed by atoms with van der Waals surface area (Å²) in [4.78, 5) is 4.30. The molecule has 0 saturated carbocycles. The van der Waals surface area contributed by atoms with Crippen molar-refractivity contribution >= 4 is 0 Å². The SMILES string of the molecule is NC1CC(C(F)(F)F)C2NC(c3ccccn3)CCCCC[C@@H](C(F)(F)F)C3NNC(O3)C1N2. The number of nitrogens with two attached hydrogens (primary N) is 1. The molecule has 7 nitrogen and oxygen atoms in total. The van der Waals surface area contributed by atoms with Gasteiger partial charge in [-0.05, 0) is 31.4 Å². The Labute approximate surface area is 193 Å². The highest BCUT2D eigenvalue weighted by atomic mass is 19.4. The van der Waals surface area contributed by atoms with Crippen molar-refractivity contribution in [3.05, 3.63) is 30.1 Å². The molecule has 13 heteroatoms. The van der Waals surface area contributed by atoms with Gasteiger partial charge in [0.2, 0.25) is 0 Å². The Hall–Kier alpha value is -1.51. The minimum Gasteiger partial charge on any atom is -0.340 e. The van der Waals surface area contributed by atoms with E-state index >= 15 is 0 Å². The molecule has 4 rings (SSSR count). The number of halogens is 6. The first-order valence-corrected chi connectivity index (χ1v) is 11.5. The number of nitrogens with zero attached hydrogens (tertiary/aromatic N) is 1. The standard InChI is InChI=1S/C21H30F6N6O/c22-20(23,24)11-6-2-1-3-8-15(14-7-4-5-9-29-14)30-17-12(21(25,26)27)10-13(28)16(31-17)19-33-32-18(11)34-19/h4-5,7,9,11-13,15-19,30-33H,1-3,6,8,10,28H2/t11-,12?,13?,15?,16?,17?,18?,19?/m1/s1. The molecule has 0 amide bonds. The molecule has 1 aromatic heterocycles. The summed E-state index contributed by atoms with van der Waals surface area (Å²) in [6, 6.07) is 2.83. The molecule has 3 aliphatic rings. The molecule has 0 spiro atoms. The Kier molecular flexibility index (Phi) is 7.70. The Bertz CT molecular complexity index is 796. The van der Waals surface area contributed by atoms with Crippen LogP contribution in [0.1, 0.15) is 50.3 Å². The van der Waals surface area contributed by atoms with Crippen LogP contribution >= 0.6 is 0 Å². The zero-order valence-corrected chi connectivity index (χ0v) is 18.4. The largest absolute Gasteiger partial charge is 0.395 e. The van der Waals surface area contributed by atoms with Gasteiger partial charge in [-0.3, -0.25) is 15.6 Å². The number of hydrogen-bond donors (Lipinski definition) is 5. The second kappa shape index (κ2) is 10.2. The van der Waals surface area contributed by atoms with Crippen molar-refractivity contribution in [2.45, 2.75) is 87.6 Å². The van der Waals surface area contributed by atoms with E-state index in [1.807, 2.05) is 0 Å². The van der Waals surface area contributed by atoms with Crippen LogP contribution in [0.2, 0.25) is 0 Å². The van der Waals surface area contributed by atoms with Crippen molar-refractivity contribution in [1.29, 1.82) is 0 Å². The van der Waals surface area contributed by atoms with Crippen LogP contribution in [-0.4, -0.2) is 48.0 Å². The Balaban J connectivity index is 1.63. The normalized spacial score (nSPS) is 38.3. The van der Waals surface area contributed by atoms with Crippen molar-refractivity contribution in [2.75, 3.05) is 0 Å². The first-order valence-electron chi connectivity index (χ1n) is 11.5. The highest BCUT2D eigenvalue weighted by Crippen LogP contribution is 2.39.